The average Bonchev–Trinajstić information content (AvgIpc) is 2.47. The van der Waals surface area contributed by atoms with Crippen molar-refractivity contribution in [3.63, 3.8) is 0 Å². The highest BCUT2D eigenvalue weighted by atomic mass is 16.2. The summed E-state index contributed by atoms with van der Waals surface area (Å²) in [6, 6.07) is 7.39. The molecule has 2 rings (SSSR count). The fourth-order valence-electron chi connectivity index (χ4n) is 2.55. The molecule has 1 aromatic carbocycles. The van der Waals surface area contributed by atoms with Gasteiger partial charge in [-0.1, -0.05) is 24.3 Å². The molecule has 1 N–H and O–H groups in total. The SMILES string of the molecule is CC(=O)c1ccc(C(C)(C)NC(=O)N2CCN(C)CC2)cc1. The molecule has 0 spiro atoms. The molecule has 0 bridgehead atoms. The van der Waals surface area contributed by atoms with Gasteiger partial charge in [0.2, 0.25) is 0 Å². The first-order chi connectivity index (χ1) is 10.3. The third-order valence-electron chi connectivity index (χ3n) is 4.22. The quantitative estimate of drug-likeness (QED) is 0.870. The number of piperazine rings is 1. The summed E-state index contributed by atoms with van der Waals surface area (Å²) in [5, 5.41) is 3.09. The van der Waals surface area contributed by atoms with E-state index in [4.69, 9.17) is 0 Å². The van der Waals surface area contributed by atoms with Crippen LogP contribution < -0.4 is 5.32 Å². The van der Waals surface area contributed by atoms with E-state index in [9.17, 15) is 9.59 Å². The predicted molar refractivity (Wildman–Crippen MR) is 87.1 cm³/mol. The number of carbonyl (C=O) groups excluding carboxylic acids is 2. The smallest absolute Gasteiger partial charge is 0.318 e. The van der Waals surface area contributed by atoms with Crippen LogP contribution in [0, 0.1) is 0 Å². The van der Waals surface area contributed by atoms with Gasteiger partial charge in [-0.2, -0.15) is 0 Å². The summed E-state index contributed by atoms with van der Waals surface area (Å²) < 4.78 is 0. The number of benzene rings is 1. The van der Waals surface area contributed by atoms with E-state index in [1.165, 1.54) is 0 Å². The Balaban J connectivity index is 2.03. The molecule has 1 aliphatic rings. The molecule has 0 atom stereocenters. The monoisotopic (exact) mass is 303 g/mol. The molecular formula is C17H25N3O2. The molecule has 2 amide bonds. The Morgan fingerprint density at radius 3 is 2.09 bits per heavy atom. The van der Waals surface area contributed by atoms with Crippen molar-refractivity contribution in [3.8, 4) is 0 Å². The maximum Gasteiger partial charge on any atom is 0.318 e. The van der Waals surface area contributed by atoms with Gasteiger partial charge in [0.25, 0.3) is 0 Å². The molecule has 1 fully saturated rings. The first-order valence-electron chi connectivity index (χ1n) is 7.67. The van der Waals surface area contributed by atoms with Crippen LogP contribution in [0.15, 0.2) is 24.3 Å². The normalized spacial score (nSPS) is 16.5. The summed E-state index contributed by atoms with van der Waals surface area (Å²) >= 11 is 0. The second-order valence-corrected chi connectivity index (χ2v) is 6.48. The predicted octanol–water partition coefficient (Wildman–Crippen LogP) is 2.08. The largest absolute Gasteiger partial charge is 0.329 e. The molecule has 0 aliphatic carbocycles. The van der Waals surface area contributed by atoms with Gasteiger partial charge in [0.1, 0.15) is 0 Å². The molecule has 1 saturated heterocycles. The number of Topliss-reactive ketones (excluding diaryl/α,β-unsaturated/α-hetero) is 1. The van der Waals surface area contributed by atoms with Gasteiger partial charge in [0, 0.05) is 31.7 Å². The van der Waals surface area contributed by atoms with Crippen molar-refractivity contribution in [2.24, 2.45) is 0 Å². The van der Waals surface area contributed by atoms with E-state index < -0.39 is 5.54 Å². The third kappa shape index (κ3) is 3.85. The Kier molecular flexibility index (Phi) is 4.86. The second-order valence-electron chi connectivity index (χ2n) is 6.48. The zero-order valence-corrected chi connectivity index (χ0v) is 13.8. The van der Waals surface area contributed by atoms with Gasteiger partial charge < -0.3 is 15.1 Å². The second kappa shape index (κ2) is 6.48. The molecule has 120 valence electrons. The highest BCUT2D eigenvalue weighted by Crippen LogP contribution is 2.21. The molecule has 1 aromatic rings. The number of nitrogens with zero attached hydrogens (tertiary/aromatic N) is 2. The number of hydrogen-bond donors (Lipinski definition) is 1. The van der Waals surface area contributed by atoms with Gasteiger partial charge in [-0.25, -0.2) is 4.79 Å². The lowest BCUT2D eigenvalue weighted by atomic mass is 9.93. The number of nitrogens with one attached hydrogen (secondary N) is 1. The zero-order valence-electron chi connectivity index (χ0n) is 13.8. The van der Waals surface area contributed by atoms with E-state index in [1.807, 2.05) is 30.9 Å². The topological polar surface area (TPSA) is 52.7 Å². The first kappa shape index (κ1) is 16.5. The first-order valence-corrected chi connectivity index (χ1v) is 7.67. The van der Waals surface area contributed by atoms with Gasteiger partial charge >= 0.3 is 6.03 Å². The Morgan fingerprint density at radius 1 is 1.05 bits per heavy atom. The highest BCUT2D eigenvalue weighted by Gasteiger charge is 2.27. The molecule has 5 heteroatoms. The Morgan fingerprint density at radius 2 is 1.59 bits per heavy atom. The van der Waals surface area contributed by atoms with Crippen molar-refractivity contribution in [2.75, 3.05) is 33.2 Å². The van der Waals surface area contributed by atoms with Crippen molar-refractivity contribution in [2.45, 2.75) is 26.3 Å². The third-order valence-corrected chi connectivity index (χ3v) is 4.22. The van der Waals surface area contributed by atoms with Crippen molar-refractivity contribution >= 4 is 11.8 Å². The van der Waals surface area contributed by atoms with E-state index in [2.05, 4.69) is 17.3 Å². The molecule has 0 saturated carbocycles. The zero-order chi connectivity index (χ0) is 16.3. The van der Waals surface area contributed by atoms with Gasteiger partial charge in [0.05, 0.1) is 5.54 Å². The van der Waals surface area contributed by atoms with Crippen molar-refractivity contribution < 1.29 is 9.59 Å². The maximum atomic E-state index is 12.4. The van der Waals surface area contributed by atoms with E-state index in [0.717, 1.165) is 31.7 Å². The van der Waals surface area contributed by atoms with Crippen LogP contribution in [-0.4, -0.2) is 54.8 Å². The number of rotatable bonds is 3. The van der Waals surface area contributed by atoms with Crippen molar-refractivity contribution in [1.82, 2.24) is 15.1 Å². The number of hydrogen-bond acceptors (Lipinski definition) is 3. The molecule has 0 radical (unpaired) electrons. The number of ketones is 1. The Labute approximate surface area is 132 Å². The Hall–Kier alpha value is -1.88. The van der Waals surface area contributed by atoms with Gasteiger partial charge in [0.15, 0.2) is 5.78 Å². The molecule has 22 heavy (non-hydrogen) atoms. The van der Waals surface area contributed by atoms with E-state index >= 15 is 0 Å². The minimum atomic E-state index is -0.476. The maximum absolute atomic E-state index is 12.4. The van der Waals surface area contributed by atoms with Gasteiger partial charge in [-0.3, -0.25) is 4.79 Å². The summed E-state index contributed by atoms with van der Waals surface area (Å²) in [6.45, 7) is 8.81. The van der Waals surface area contributed by atoms with E-state index in [1.54, 1.807) is 19.1 Å². The van der Waals surface area contributed by atoms with E-state index in [-0.39, 0.29) is 11.8 Å². The van der Waals surface area contributed by atoms with Crippen LogP contribution >= 0.6 is 0 Å². The number of likely N-dealkylation sites (N-methyl/N-ethyl adjacent to an activating group) is 1. The fraction of sp³-hybridized carbons (Fsp3) is 0.529. The summed E-state index contributed by atoms with van der Waals surface area (Å²) in [6.07, 6.45) is 0. The molecule has 1 heterocycles. The van der Waals surface area contributed by atoms with Crippen molar-refractivity contribution in [1.29, 1.82) is 0 Å². The lowest BCUT2D eigenvalue weighted by molar-refractivity contribution is 0.101. The summed E-state index contributed by atoms with van der Waals surface area (Å²) in [5.41, 5.74) is 1.19. The van der Waals surface area contributed by atoms with Crippen LogP contribution in [0.25, 0.3) is 0 Å². The van der Waals surface area contributed by atoms with Crippen LogP contribution in [-0.2, 0) is 5.54 Å². The van der Waals surface area contributed by atoms with Crippen LogP contribution in [0.3, 0.4) is 0 Å². The highest BCUT2D eigenvalue weighted by molar-refractivity contribution is 5.94. The summed E-state index contributed by atoms with van der Waals surface area (Å²) in [4.78, 5) is 27.8. The van der Waals surface area contributed by atoms with Crippen molar-refractivity contribution in [3.05, 3.63) is 35.4 Å². The number of carbonyl (C=O) groups is 2. The fourth-order valence-corrected chi connectivity index (χ4v) is 2.55. The lowest BCUT2D eigenvalue weighted by Gasteiger charge is -2.36. The van der Waals surface area contributed by atoms with Crippen LogP contribution in [0.1, 0.15) is 36.7 Å². The average molecular weight is 303 g/mol. The molecule has 0 aromatic heterocycles. The Bertz CT molecular complexity index is 544. The number of urea groups is 1. The van der Waals surface area contributed by atoms with Crippen LogP contribution in [0.5, 0.6) is 0 Å². The van der Waals surface area contributed by atoms with E-state index in [0.29, 0.717) is 5.56 Å². The summed E-state index contributed by atoms with van der Waals surface area (Å²) in [7, 11) is 2.07. The lowest BCUT2D eigenvalue weighted by Crippen LogP contribution is -2.54. The standard InChI is InChI=1S/C17H25N3O2/c1-13(21)14-5-7-15(8-6-14)17(2,3)18-16(22)20-11-9-19(4)10-12-20/h5-8H,9-12H2,1-4H3,(H,18,22). The van der Waals surface area contributed by atoms with Gasteiger partial charge in [-0.15, -0.1) is 0 Å². The molecular weight excluding hydrogens is 278 g/mol. The minimum Gasteiger partial charge on any atom is -0.329 e. The van der Waals surface area contributed by atoms with Gasteiger partial charge in [-0.05, 0) is 33.4 Å². The van der Waals surface area contributed by atoms with Crippen LogP contribution in [0.4, 0.5) is 4.79 Å². The molecule has 1 aliphatic heterocycles. The molecule has 0 unspecified atom stereocenters. The number of amides is 2. The molecule has 5 nitrogen and oxygen atoms in total. The van der Waals surface area contributed by atoms with Crippen LogP contribution in [0.2, 0.25) is 0 Å². The minimum absolute atomic E-state index is 0.0336. The summed E-state index contributed by atoms with van der Waals surface area (Å²) in [5.74, 6) is 0.0471.